The zero-order valence-electron chi connectivity index (χ0n) is 6.77. The van der Waals surface area contributed by atoms with Crippen molar-refractivity contribution >= 4 is 5.91 Å². The van der Waals surface area contributed by atoms with Gasteiger partial charge in [-0.3, -0.25) is 4.79 Å². The Bertz CT molecular complexity index is 282. The van der Waals surface area contributed by atoms with E-state index in [2.05, 4.69) is 4.98 Å². The predicted octanol–water partition coefficient (Wildman–Crippen LogP) is -0.465. The number of carbonyl (C=O) groups excluding carboxylic acids is 1. The number of aliphatic hydroxyl groups excluding tert-OH is 1. The molecule has 0 aliphatic heterocycles. The Labute approximate surface area is 69.8 Å². The first kappa shape index (κ1) is 8.73. The van der Waals surface area contributed by atoms with Gasteiger partial charge in [0.2, 0.25) is 0 Å². The van der Waals surface area contributed by atoms with Crippen molar-refractivity contribution in [1.29, 1.82) is 0 Å². The summed E-state index contributed by atoms with van der Waals surface area (Å²) in [4.78, 5) is 14.5. The van der Waals surface area contributed by atoms with Crippen LogP contribution in [0.25, 0.3) is 0 Å². The molecule has 3 N–H and O–H groups in total. The molecule has 66 valence electrons. The monoisotopic (exact) mass is 169 g/mol. The van der Waals surface area contributed by atoms with Crippen molar-refractivity contribution in [1.82, 2.24) is 9.55 Å². The van der Waals surface area contributed by atoms with Gasteiger partial charge in [-0.05, 0) is 6.92 Å². The molecular formula is C7H11N3O2. The fourth-order valence-corrected chi connectivity index (χ4v) is 0.948. The average molecular weight is 169 g/mol. The minimum absolute atomic E-state index is 0.0450. The summed E-state index contributed by atoms with van der Waals surface area (Å²) in [6.45, 7) is 1.73. The van der Waals surface area contributed by atoms with E-state index in [0.717, 1.165) is 0 Å². The zero-order chi connectivity index (χ0) is 9.14. The molecule has 1 heterocycles. The number of primary amides is 1. The zero-order valence-corrected chi connectivity index (χ0v) is 6.77. The Hall–Kier alpha value is -1.36. The second-order valence-corrected chi connectivity index (χ2v) is 2.55. The van der Waals surface area contributed by atoms with Crippen LogP contribution in [-0.4, -0.2) is 27.2 Å². The largest absolute Gasteiger partial charge is 0.394 e. The SMILES string of the molecule is CC(CO)n1ccnc1C(N)=O. The maximum Gasteiger partial charge on any atom is 0.284 e. The van der Waals surface area contributed by atoms with E-state index < -0.39 is 5.91 Å². The van der Waals surface area contributed by atoms with Crippen molar-refractivity contribution in [2.45, 2.75) is 13.0 Å². The van der Waals surface area contributed by atoms with Gasteiger partial charge < -0.3 is 15.4 Å². The molecule has 0 fully saturated rings. The van der Waals surface area contributed by atoms with Gasteiger partial charge in [-0.15, -0.1) is 0 Å². The van der Waals surface area contributed by atoms with E-state index in [1.165, 1.54) is 6.20 Å². The highest BCUT2D eigenvalue weighted by molar-refractivity contribution is 5.89. The number of hydrogen-bond acceptors (Lipinski definition) is 3. The van der Waals surface area contributed by atoms with Gasteiger partial charge in [0.15, 0.2) is 5.82 Å². The summed E-state index contributed by atoms with van der Waals surface area (Å²) in [6.07, 6.45) is 3.09. The van der Waals surface area contributed by atoms with Crippen LogP contribution in [0.4, 0.5) is 0 Å². The smallest absolute Gasteiger partial charge is 0.284 e. The Morgan fingerprint density at radius 2 is 2.58 bits per heavy atom. The van der Waals surface area contributed by atoms with E-state index in [1.54, 1.807) is 17.7 Å². The third-order valence-electron chi connectivity index (χ3n) is 1.63. The van der Waals surface area contributed by atoms with Gasteiger partial charge in [-0.1, -0.05) is 0 Å². The lowest BCUT2D eigenvalue weighted by molar-refractivity contribution is 0.0982. The number of nitrogens with zero attached hydrogens (tertiary/aromatic N) is 2. The van der Waals surface area contributed by atoms with E-state index in [4.69, 9.17) is 10.8 Å². The third-order valence-corrected chi connectivity index (χ3v) is 1.63. The minimum Gasteiger partial charge on any atom is -0.394 e. The highest BCUT2D eigenvalue weighted by atomic mass is 16.3. The molecule has 0 radical (unpaired) electrons. The molecule has 0 saturated heterocycles. The van der Waals surface area contributed by atoms with E-state index in [-0.39, 0.29) is 18.5 Å². The van der Waals surface area contributed by atoms with Crippen LogP contribution in [0.5, 0.6) is 0 Å². The molecule has 0 saturated carbocycles. The Balaban J connectivity index is 2.98. The first-order chi connectivity index (χ1) is 5.66. The molecule has 5 nitrogen and oxygen atoms in total. The molecule has 1 aromatic rings. The first-order valence-corrected chi connectivity index (χ1v) is 3.60. The van der Waals surface area contributed by atoms with E-state index in [0.29, 0.717) is 0 Å². The number of rotatable bonds is 3. The van der Waals surface area contributed by atoms with E-state index >= 15 is 0 Å². The van der Waals surface area contributed by atoms with Gasteiger partial charge in [0, 0.05) is 12.4 Å². The Morgan fingerprint density at radius 3 is 3.08 bits per heavy atom. The van der Waals surface area contributed by atoms with Crippen molar-refractivity contribution in [3.8, 4) is 0 Å². The normalized spacial score (nSPS) is 12.8. The number of imidazole rings is 1. The second kappa shape index (κ2) is 3.36. The summed E-state index contributed by atoms with van der Waals surface area (Å²) >= 11 is 0. The summed E-state index contributed by atoms with van der Waals surface area (Å²) in [5.74, 6) is -0.406. The van der Waals surface area contributed by atoms with Crippen LogP contribution in [-0.2, 0) is 0 Å². The highest BCUT2D eigenvalue weighted by Gasteiger charge is 2.12. The van der Waals surface area contributed by atoms with Crippen LogP contribution in [0.15, 0.2) is 12.4 Å². The maximum absolute atomic E-state index is 10.8. The number of nitrogens with two attached hydrogens (primary N) is 1. The molecule has 5 heteroatoms. The molecule has 1 unspecified atom stereocenters. The van der Waals surface area contributed by atoms with Gasteiger partial charge in [0.25, 0.3) is 5.91 Å². The molecule has 1 atom stereocenters. The molecule has 0 bridgehead atoms. The van der Waals surface area contributed by atoms with Crippen LogP contribution in [0.2, 0.25) is 0 Å². The molecule has 1 rings (SSSR count). The molecule has 1 aromatic heterocycles. The molecule has 0 aliphatic rings. The summed E-state index contributed by atoms with van der Waals surface area (Å²) in [6, 6.07) is -0.171. The lowest BCUT2D eigenvalue weighted by atomic mass is 10.3. The standard InChI is InChI=1S/C7H11N3O2/c1-5(4-11)10-3-2-9-7(10)6(8)12/h2-3,5,11H,4H2,1H3,(H2,8,12). The molecule has 1 amide bonds. The van der Waals surface area contributed by atoms with Crippen molar-refractivity contribution in [3.63, 3.8) is 0 Å². The van der Waals surface area contributed by atoms with Gasteiger partial charge in [0.1, 0.15) is 0 Å². The summed E-state index contributed by atoms with van der Waals surface area (Å²) in [5, 5.41) is 8.81. The van der Waals surface area contributed by atoms with Crippen molar-refractivity contribution in [2.24, 2.45) is 5.73 Å². The Kier molecular flexibility index (Phi) is 2.44. The lowest BCUT2D eigenvalue weighted by Crippen LogP contribution is -2.21. The number of aliphatic hydroxyl groups is 1. The highest BCUT2D eigenvalue weighted by Crippen LogP contribution is 2.07. The van der Waals surface area contributed by atoms with Crippen molar-refractivity contribution in [2.75, 3.05) is 6.61 Å². The van der Waals surface area contributed by atoms with Gasteiger partial charge in [-0.25, -0.2) is 4.98 Å². The fourth-order valence-electron chi connectivity index (χ4n) is 0.948. The number of aromatic nitrogens is 2. The maximum atomic E-state index is 10.8. The quantitative estimate of drug-likeness (QED) is 0.642. The Morgan fingerprint density at radius 1 is 1.92 bits per heavy atom. The lowest BCUT2D eigenvalue weighted by Gasteiger charge is -2.11. The van der Waals surface area contributed by atoms with Crippen LogP contribution >= 0.6 is 0 Å². The molecule has 0 aliphatic carbocycles. The minimum atomic E-state index is -0.583. The fraction of sp³-hybridized carbons (Fsp3) is 0.429. The van der Waals surface area contributed by atoms with E-state index in [9.17, 15) is 4.79 Å². The van der Waals surface area contributed by atoms with Crippen LogP contribution < -0.4 is 5.73 Å². The molecular weight excluding hydrogens is 158 g/mol. The summed E-state index contributed by atoms with van der Waals surface area (Å²) in [7, 11) is 0. The van der Waals surface area contributed by atoms with Crippen LogP contribution in [0.3, 0.4) is 0 Å². The number of hydrogen-bond donors (Lipinski definition) is 2. The molecule has 0 aromatic carbocycles. The average Bonchev–Trinajstić information content (AvgIpc) is 2.50. The van der Waals surface area contributed by atoms with Gasteiger partial charge in [-0.2, -0.15) is 0 Å². The molecule has 0 spiro atoms. The molecule has 12 heavy (non-hydrogen) atoms. The third kappa shape index (κ3) is 1.45. The van der Waals surface area contributed by atoms with Crippen molar-refractivity contribution < 1.29 is 9.90 Å². The first-order valence-electron chi connectivity index (χ1n) is 3.60. The number of carbonyl (C=O) groups is 1. The summed E-state index contributed by atoms with van der Waals surface area (Å²) < 4.78 is 1.54. The predicted molar refractivity (Wildman–Crippen MR) is 42.5 cm³/mol. The van der Waals surface area contributed by atoms with Crippen molar-refractivity contribution in [3.05, 3.63) is 18.2 Å². The second-order valence-electron chi connectivity index (χ2n) is 2.55. The van der Waals surface area contributed by atoms with Gasteiger partial charge >= 0.3 is 0 Å². The number of amides is 1. The van der Waals surface area contributed by atoms with Crippen LogP contribution in [0.1, 0.15) is 23.6 Å². The van der Waals surface area contributed by atoms with Gasteiger partial charge in [0.05, 0.1) is 12.6 Å². The summed E-state index contributed by atoms with van der Waals surface area (Å²) in [5.41, 5.74) is 5.05. The van der Waals surface area contributed by atoms with Crippen LogP contribution in [0, 0.1) is 0 Å². The van der Waals surface area contributed by atoms with E-state index in [1.807, 2.05) is 0 Å². The topological polar surface area (TPSA) is 81.1 Å².